The molecule has 0 aromatic rings. The van der Waals surface area contributed by atoms with Gasteiger partial charge in [-0.2, -0.15) is 0 Å². The van der Waals surface area contributed by atoms with E-state index in [1.165, 1.54) is 0 Å². The summed E-state index contributed by atoms with van der Waals surface area (Å²) in [4.78, 5) is 29.6. The van der Waals surface area contributed by atoms with Gasteiger partial charge in [-0.15, -0.1) is 0 Å². The number of amides is 2. The molecule has 0 radical (unpaired) electrons. The predicted molar refractivity (Wildman–Crippen MR) is 72.5 cm³/mol. The summed E-state index contributed by atoms with van der Waals surface area (Å²) in [5, 5.41) is 0. The molecule has 2 N–H and O–H groups in total. The quantitative estimate of drug-likeness (QED) is 0.720. The molecule has 6 heteroatoms. The van der Waals surface area contributed by atoms with Gasteiger partial charge in [-0.25, -0.2) is 0 Å². The minimum absolute atomic E-state index is 0.00511. The van der Waals surface area contributed by atoms with E-state index < -0.39 is 6.04 Å². The largest absolute Gasteiger partial charge is 0.342 e. The van der Waals surface area contributed by atoms with E-state index >= 15 is 0 Å². The molecule has 19 heavy (non-hydrogen) atoms. The molecule has 0 aliphatic carbocycles. The second kappa shape index (κ2) is 6.34. The van der Waals surface area contributed by atoms with Gasteiger partial charge in [0.2, 0.25) is 11.8 Å². The summed E-state index contributed by atoms with van der Waals surface area (Å²) < 4.78 is 0. The summed E-state index contributed by atoms with van der Waals surface area (Å²) in [6.45, 7) is 6.88. The van der Waals surface area contributed by atoms with Crippen LogP contribution in [0.3, 0.4) is 0 Å². The first-order valence-corrected chi connectivity index (χ1v) is 7.12. The maximum atomic E-state index is 12.0. The summed E-state index contributed by atoms with van der Waals surface area (Å²) in [7, 11) is 0. The van der Waals surface area contributed by atoms with Gasteiger partial charge < -0.3 is 15.5 Å². The van der Waals surface area contributed by atoms with Crippen molar-refractivity contribution >= 4 is 11.8 Å². The molecular weight excluding hydrogens is 244 g/mol. The van der Waals surface area contributed by atoms with Crippen LogP contribution >= 0.6 is 0 Å². The molecular formula is C13H24N4O2. The molecule has 2 amide bonds. The van der Waals surface area contributed by atoms with Crippen LogP contribution in [-0.4, -0.2) is 78.4 Å². The lowest BCUT2D eigenvalue weighted by atomic mass is 10.2. The highest BCUT2D eigenvalue weighted by Gasteiger charge is 2.26. The van der Waals surface area contributed by atoms with Crippen molar-refractivity contribution in [1.82, 2.24) is 14.7 Å². The molecule has 0 unspecified atom stereocenters. The van der Waals surface area contributed by atoms with Crippen molar-refractivity contribution in [3.8, 4) is 0 Å². The van der Waals surface area contributed by atoms with Gasteiger partial charge in [0.1, 0.15) is 0 Å². The number of likely N-dealkylation sites (tertiary alicyclic amines) is 1. The van der Waals surface area contributed by atoms with Crippen molar-refractivity contribution in [2.45, 2.75) is 25.8 Å². The minimum atomic E-state index is -0.433. The number of hydrogen-bond donors (Lipinski definition) is 1. The topological polar surface area (TPSA) is 69.9 Å². The van der Waals surface area contributed by atoms with Gasteiger partial charge in [0, 0.05) is 39.3 Å². The Balaban J connectivity index is 1.74. The fourth-order valence-corrected chi connectivity index (χ4v) is 2.67. The number of nitrogens with two attached hydrogens (primary N) is 1. The number of piperazine rings is 1. The van der Waals surface area contributed by atoms with Crippen molar-refractivity contribution in [1.29, 1.82) is 0 Å². The lowest BCUT2D eigenvalue weighted by Gasteiger charge is -2.35. The SMILES string of the molecule is C[C@H](N)C(=O)N1CCN(CC(=O)N2CCCC2)CC1. The lowest BCUT2D eigenvalue weighted by Crippen LogP contribution is -2.54. The standard InChI is InChI=1S/C13H24N4O2/c1-11(14)13(19)17-8-6-15(7-9-17)10-12(18)16-4-2-3-5-16/h11H,2-10,14H2,1H3/t11-/m0/s1. The van der Waals surface area contributed by atoms with E-state index in [2.05, 4.69) is 4.90 Å². The molecule has 0 spiro atoms. The van der Waals surface area contributed by atoms with E-state index in [-0.39, 0.29) is 11.8 Å². The number of carbonyl (C=O) groups is 2. The van der Waals surface area contributed by atoms with Crippen LogP contribution in [0.25, 0.3) is 0 Å². The molecule has 0 aromatic heterocycles. The van der Waals surface area contributed by atoms with E-state index in [1.807, 2.05) is 4.90 Å². The third-order valence-corrected chi connectivity index (χ3v) is 3.89. The minimum Gasteiger partial charge on any atom is -0.342 e. The van der Waals surface area contributed by atoms with Gasteiger partial charge in [0.25, 0.3) is 0 Å². The summed E-state index contributed by atoms with van der Waals surface area (Å²) >= 11 is 0. The van der Waals surface area contributed by atoms with Crippen molar-refractivity contribution in [3.63, 3.8) is 0 Å². The van der Waals surface area contributed by atoms with Crippen LogP contribution in [0.1, 0.15) is 19.8 Å². The number of hydrogen-bond acceptors (Lipinski definition) is 4. The molecule has 2 aliphatic rings. The highest BCUT2D eigenvalue weighted by Crippen LogP contribution is 2.09. The number of carbonyl (C=O) groups excluding carboxylic acids is 2. The van der Waals surface area contributed by atoms with Crippen LogP contribution in [0.5, 0.6) is 0 Å². The molecule has 2 heterocycles. The average molecular weight is 268 g/mol. The maximum absolute atomic E-state index is 12.0. The Bertz CT molecular complexity index is 332. The summed E-state index contributed by atoms with van der Waals surface area (Å²) in [5.74, 6) is 0.231. The Kier molecular flexibility index (Phi) is 4.76. The van der Waals surface area contributed by atoms with Crippen molar-refractivity contribution in [2.75, 3.05) is 45.8 Å². The average Bonchev–Trinajstić information content (AvgIpc) is 2.92. The first-order valence-electron chi connectivity index (χ1n) is 7.12. The zero-order valence-corrected chi connectivity index (χ0v) is 11.7. The molecule has 2 aliphatic heterocycles. The summed E-state index contributed by atoms with van der Waals surface area (Å²) in [6.07, 6.45) is 2.25. The van der Waals surface area contributed by atoms with Gasteiger partial charge >= 0.3 is 0 Å². The summed E-state index contributed by atoms with van der Waals surface area (Å²) in [6, 6.07) is -0.433. The Morgan fingerprint density at radius 2 is 1.58 bits per heavy atom. The normalized spacial score (nSPS) is 22.6. The summed E-state index contributed by atoms with van der Waals surface area (Å²) in [5.41, 5.74) is 5.60. The van der Waals surface area contributed by atoms with Crippen molar-refractivity contribution in [2.24, 2.45) is 5.73 Å². The van der Waals surface area contributed by atoms with Crippen LogP contribution in [0.15, 0.2) is 0 Å². The highest BCUT2D eigenvalue weighted by atomic mass is 16.2. The molecule has 0 saturated carbocycles. The third-order valence-electron chi connectivity index (χ3n) is 3.89. The molecule has 108 valence electrons. The molecule has 2 saturated heterocycles. The van der Waals surface area contributed by atoms with Crippen molar-refractivity contribution < 1.29 is 9.59 Å². The lowest BCUT2D eigenvalue weighted by molar-refractivity contribution is -0.135. The smallest absolute Gasteiger partial charge is 0.239 e. The Morgan fingerprint density at radius 3 is 2.11 bits per heavy atom. The van der Waals surface area contributed by atoms with Crippen LogP contribution in [0.2, 0.25) is 0 Å². The van der Waals surface area contributed by atoms with E-state index in [1.54, 1.807) is 11.8 Å². The number of rotatable bonds is 3. The molecule has 2 fully saturated rings. The van der Waals surface area contributed by atoms with Gasteiger partial charge in [-0.05, 0) is 19.8 Å². The Morgan fingerprint density at radius 1 is 1.00 bits per heavy atom. The third kappa shape index (κ3) is 3.67. The Hall–Kier alpha value is -1.14. The molecule has 6 nitrogen and oxygen atoms in total. The van der Waals surface area contributed by atoms with Crippen LogP contribution in [-0.2, 0) is 9.59 Å². The van der Waals surface area contributed by atoms with E-state index in [0.717, 1.165) is 39.0 Å². The van der Waals surface area contributed by atoms with E-state index in [9.17, 15) is 9.59 Å². The first kappa shape index (κ1) is 14.3. The predicted octanol–water partition coefficient (Wildman–Crippen LogP) is -0.900. The van der Waals surface area contributed by atoms with Crippen LogP contribution in [0.4, 0.5) is 0 Å². The number of nitrogens with zero attached hydrogens (tertiary/aromatic N) is 3. The van der Waals surface area contributed by atoms with E-state index in [0.29, 0.717) is 19.6 Å². The second-order valence-corrected chi connectivity index (χ2v) is 5.48. The second-order valence-electron chi connectivity index (χ2n) is 5.48. The Labute approximate surface area is 114 Å². The zero-order chi connectivity index (χ0) is 13.8. The molecule has 0 bridgehead atoms. The molecule has 2 rings (SSSR count). The molecule has 1 atom stereocenters. The highest BCUT2D eigenvalue weighted by molar-refractivity contribution is 5.81. The van der Waals surface area contributed by atoms with Gasteiger partial charge in [0.15, 0.2) is 0 Å². The molecule has 0 aromatic carbocycles. The maximum Gasteiger partial charge on any atom is 0.239 e. The first-order chi connectivity index (χ1) is 9.08. The zero-order valence-electron chi connectivity index (χ0n) is 11.7. The van der Waals surface area contributed by atoms with Crippen LogP contribution in [0, 0.1) is 0 Å². The van der Waals surface area contributed by atoms with Gasteiger partial charge in [-0.3, -0.25) is 14.5 Å². The fourth-order valence-electron chi connectivity index (χ4n) is 2.67. The van der Waals surface area contributed by atoms with Crippen LogP contribution < -0.4 is 5.73 Å². The monoisotopic (exact) mass is 268 g/mol. The van der Waals surface area contributed by atoms with Gasteiger partial charge in [-0.1, -0.05) is 0 Å². The van der Waals surface area contributed by atoms with Crippen molar-refractivity contribution in [3.05, 3.63) is 0 Å². The fraction of sp³-hybridized carbons (Fsp3) is 0.846. The van der Waals surface area contributed by atoms with Gasteiger partial charge in [0.05, 0.1) is 12.6 Å². The van der Waals surface area contributed by atoms with E-state index in [4.69, 9.17) is 5.73 Å².